The van der Waals surface area contributed by atoms with Gasteiger partial charge in [0.1, 0.15) is 4.88 Å². The number of halogens is 1. The number of aryl methyl sites for hydroxylation is 2. The SMILES string of the molecule is Cc1nc(C)c(C(=O)c2cc3cccc(Cl)c3o2)s1. The lowest BCUT2D eigenvalue weighted by atomic mass is 10.2. The average Bonchev–Trinajstić information content (AvgIpc) is 2.93. The van der Waals surface area contributed by atoms with E-state index < -0.39 is 0 Å². The minimum atomic E-state index is -0.143. The molecule has 0 atom stereocenters. The predicted molar refractivity (Wildman–Crippen MR) is 76.2 cm³/mol. The van der Waals surface area contributed by atoms with Crippen molar-refractivity contribution in [2.75, 3.05) is 0 Å². The summed E-state index contributed by atoms with van der Waals surface area (Å²) in [6.45, 7) is 3.70. The topological polar surface area (TPSA) is 43.1 Å². The highest BCUT2D eigenvalue weighted by Crippen LogP contribution is 2.29. The normalized spacial score (nSPS) is 11.1. The van der Waals surface area contributed by atoms with Crippen molar-refractivity contribution < 1.29 is 9.21 Å². The lowest BCUT2D eigenvalue weighted by Crippen LogP contribution is -1.98. The fourth-order valence-corrected chi connectivity index (χ4v) is 3.08. The first kappa shape index (κ1) is 12.4. The Bertz CT molecular complexity index is 788. The molecule has 2 heterocycles. The van der Waals surface area contributed by atoms with Crippen LogP contribution >= 0.6 is 22.9 Å². The van der Waals surface area contributed by atoms with Gasteiger partial charge in [-0.2, -0.15) is 0 Å². The third kappa shape index (κ3) is 2.07. The van der Waals surface area contributed by atoms with Gasteiger partial charge in [0.25, 0.3) is 0 Å². The van der Waals surface area contributed by atoms with Gasteiger partial charge in [0.2, 0.25) is 5.78 Å². The van der Waals surface area contributed by atoms with E-state index in [4.69, 9.17) is 16.0 Å². The molecule has 0 aliphatic carbocycles. The number of thiazole rings is 1. The Kier molecular flexibility index (Phi) is 2.92. The highest BCUT2D eigenvalue weighted by molar-refractivity contribution is 7.13. The second-order valence-electron chi connectivity index (χ2n) is 4.25. The van der Waals surface area contributed by atoms with Gasteiger partial charge in [-0.15, -0.1) is 11.3 Å². The maximum absolute atomic E-state index is 12.4. The van der Waals surface area contributed by atoms with Crippen LogP contribution in [-0.2, 0) is 0 Å². The van der Waals surface area contributed by atoms with Crippen LogP contribution in [0, 0.1) is 13.8 Å². The summed E-state index contributed by atoms with van der Waals surface area (Å²) >= 11 is 7.42. The molecule has 0 unspecified atom stereocenters. The Hall–Kier alpha value is -1.65. The number of carbonyl (C=O) groups excluding carboxylic acids is 1. The smallest absolute Gasteiger partial charge is 0.240 e. The number of furan rings is 1. The highest BCUT2D eigenvalue weighted by Gasteiger charge is 2.20. The zero-order valence-corrected chi connectivity index (χ0v) is 11.9. The molecule has 0 amide bonds. The van der Waals surface area contributed by atoms with Gasteiger partial charge < -0.3 is 4.42 Å². The van der Waals surface area contributed by atoms with Crippen molar-refractivity contribution in [1.29, 1.82) is 0 Å². The van der Waals surface area contributed by atoms with Crippen LogP contribution in [0.2, 0.25) is 5.02 Å². The molecule has 0 N–H and O–H groups in total. The average molecular weight is 292 g/mol. The van der Waals surface area contributed by atoms with E-state index in [1.807, 2.05) is 26.0 Å². The maximum Gasteiger partial charge on any atom is 0.240 e. The van der Waals surface area contributed by atoms with E-state index in [1.165, 1.54) is 11.3 Å². The van der Waals surface area contributed by atoms with E-state index in [0.29, 0.717) is 21.2 Å². The summed E-state index contributed by atoms with van der Waals surface area (Å²) in [6.07, 6.45) is 0. The summed E-state index contributed by atoms with van der Waals surface area (Å²) in [6, 6.07) is 7.16. The summed E-state index contributed by atoms with van der Waals surface area (Å²) in [7, 11) is 0. The molecule has 0 aliphatic rings. The Morgan fingerprint density at radius 3 is 2.79 bits per heavy atom. The summed E-state index contributed by atoms with van der Waals surface area (Å²) in [5.41, 5.74) is 1.28. The Labute approximate surface area is 118 Å². The van der Waals surface area contributed by atoms with Gasteiger partial charge in [0.05, 0.1) is 15.7 Å². The number of para-hydroxylation sites is 1. The molecule has 3 aromatic rings. The van der Waals surface area contributed by atoms with Crippen LogP contribution in [0.3, 0.4) is 0 Å². The molecule has 0 radical (unpaired) electrons. The first-order valence-corrected chi connectivity index (χ1v) is 6.92. The van der Waals surface area contributed by atoms with E-state index in [9.17, 15) is 4.79 Å². The van der Waals surface area contributed by atoms with E-state index >= 15 is 0 Å². The third-order valence-corrected chi connectivity index (χ3v) is 4.20. The number of ketones is 1. The molecule has 2 aromatic heterocycles. The number of rotatable bonds is 2. The largest absolute Gasteiger partial charge is 0.451 e. The van der Waals surface area contributed by atoms with Crippen molar-refractivity contribution in [3.63, 3.8) is 0 Å². The Morgan fingerprint density at radius 1 is 1.37 bits per heavy atom. The second-order valence-corrected chi connectivity index (χ2v) is 5.86. The van der Waals surface area contributed by atoms with Gasteiger partial charge in [0, 0.05) is 5.39 Å². The highest BCUT2D eigenvalue weighted by atomic mass is 35.5. The minimum Gasteiger partial charge on any atom is -0.451 e. The first-order valence-electron chi connectivity index (χ1n) is 5.73. The van der Waals surface area contributed by atoms with Crippen molar-refractivity contribution in [3.8, 4) is 0 Å². The van der Waals surface area contributed by atoms with Gasteiger partial charge >= 0.3 is 0 Å². The number of fused-ring (bicyclic) bond motifs is 1. The fourth-order valence-electron chi connectivity index (χ4n) is 1.99. The minimum absolute atomic E-state index is 0.143. The molecule has 5 heteroatoms. The van der Waals surface area contributed by atoms with Crippen LogP contribution in [0.1, 0.15) is 26.1 Å². The summed E-state index contributed by atoms with van der Waals surface area (Å²) in [5.74, 6) is 0.158. The molecular weight excluding hydrogens is 282 g/mol. The zero-order chi connectivity index (χ0) is 13.6. The molecule has 0 bridgehead atoms. The molecule has 3 nitrogen and oxygen atoms in total. The molecule has 0 saturated carbocycles. The zero-order valence-electron chi connectivity index (χ0n) is 10.4. The van der Waals surface area contributed by atoms with Crippen LogP contribution in [0.4, 0.5) is 0 Å². The number of hydrogen-bond donors (Lipinski definition) is 0. The molecule has 0 saturated heterocycles. The van der Waals surface area contributed by atoms with Gasteiger partial charge in [-0.05, 0) is 26.0 Å². The predicted octanol–water partition coefficient (Wildman–Crippen LogP) is 4.39. The fraction of sp³-hybridized carbons (Fsp3) is 0.143. The second kappa shape index (κ2) is 4.47. The lowest BCUT2D eigenvalue weighted by molar-refractivity contribution is 0.101. The number of aromatic nitrogens is 1. The molecule has 3 rings (SSSR count). The van der Waals surface area contributed by atoms with Crippen LogP contribution < -0.4 is 0 Å². The molecule has 96 valence electrons. The Morgan fingerprint density at radius 2 is 2.16 bits per heavy atom. The molecule has 0 aliphatic heterocycles. The molecule has 1 aromatic carbocycles. The van der Waals surface area contributed by atoms with Crippen LogP contribution in [0.5, 0.6) is 0 Å². The van der Waals surface area contributed by atoms with E-state index in [2.05, 4.69) is 4.98 Å². The van der Waals surface area contributed by atoms with E-state index in [0.717, 1.165) is 16.1 Å². The summed E-state index contributed by atoms with van der Waals surface area (Å²) in [4.78, 5) is 17.3. The molecular formula is C14H10ClNO2S. The summed E-state index contributed by atoms with van der Waals surface area (Å²) < 4.78 is 5.58. The number of carbonyl (C=O) groups is 1. The standard InChI is InChI=1S/C14H10ClNO2S/c1-7-14(19-8(2)16-7)12(17)11-6-9-4-3-5-10(15)13(9)18-11/h3-6H,1-2H3. The first-order chi connectivity index (χ1) is 9.06. The van der Waals surface area contributed by atoms with Gasteiger partial charge in [-0.3, -0.25) is 4.79 Å². The lowest BCUT2D eigenvalue weighted by Gasteiger charge is -1.93. The quantitative estimate of drug-likeness (QED) is 0.658. The number of nitrogens with zero attached hydrogens (tertiary/aromatic N) is 1. The van der Waals surface area contributed by atoms with Crippen molar-refractivity contribution in [2.45, 2.75) is 13.8 Å². The number of hydrogen-bond acceptors (Lipinski definition) is 4. The van der Waals surface area contributed by atoms with Crippen LogP contribution in [0.25, 0.3) is 11.0 Å². The van der Waals surface area contributed by atoms with E-state index in [-0.39, 0.29) is 5.78 Å². The Balaban J connectivity index is 2.12. The van der Waals surface area contributed by atoms with Crippen molar-refractivity contribution in [1.82, 2.24) is 4.98 Å². The van der Waals surface area contributed by atoms with Crippen molar-refractivity contribution in [2.24, 2.45) is 0 Å². The van der Waals surface area contributed by atoms with Crippen molar-refractivity contribution >= 4 is 39.7 Å². The van der Waals surface area contributed by atoms with E-state index in [1.54, 1.807) is 12.1 Å². The number of benzene rings is 1. The van der Waals surface area contributed by atoms with Gasteiger partial charge in [-0.1, -0.05) is 23.7 Å². The van der Waals surface area contributed by atoms with Crippen LogP contribution in [-0.4, -0.2) is 10.8 Å². The third-order valence-electron chi connectivity index (χ3n) is 2.83. The van der Waals surface area contributed by atoms with Gasteiger partial charge in [-0.25, -0.2) is 4.98 Å². The van der Waals surface area contributed by atoms with Crippen LogP contribution in [0.15, 0.2) is 28.7 Å². The maximum atomic E-state index is 12.4. The van der Waals surface area contributed by atoms with Gasteiger partial charge in [0.15, 0.2) is 11.3 Å². The molecule has 19 heavy (non-hydrogen) atoms. The van der Waals surface area contributed by atoms with Crippen molar-refractivity contribution in [3.05, 3.63) is 50.6 Å². The summed E-state index contributed by atoms with van der Waals surface area (Å²) in [5, 5.41) is 2.21. The monoisotopic (exact) mass is 291 g/mol. The molecule has 0 spiro atoms. The molecule has 0 fully saturated rings.